The van der Waals surface area contributed by atoms with Crippen molar-refractivity contribution in [3.05, 3.63) is 35.4 Å². The van der Waals surface area contributed by atoms with Gasteiger partial charge in [0, 0.05) is 13.6 Å². The van der Waals surface area contributed by atoms with E-state index in [4.69, 9.17) is 5.11 Å². The molecule has 0 aliphatic carbocycles. The third kappa shape index (κ3) is 5.16. The number of nitrogens with zero attached hydrogens (tertiary/aromatic N) is 1. The summed E-state index contributed by atoms with van der Waals surface area (Å²) in [6.07, 6.45) is -0.0403. The number of carboxylic acid groups (broad SMARTS) is 1. The number of aromatic carboxylic acids is 1. The summed E-state index contributed by atoms with van der Waals surface area (Å²) in [7, 11) is -1.04. The lowest BCUT2D eigenvalue weighted by Crippen LogP contribution is -2.30. The molecule has 1 rings (SSSR count). The summed E-state index contributed by atoms with van der Waals surface area (Å²) in [6.45, 7) is 0.00757. The van der Waals surface area contributed by atoms with Crippen molar-refractivity contribution in [1.29, 1.82) is 0 Å². The Balaban J connectivity index is 2.77. The van der Waals surface area contributed by atoms with Crippen molar-refractivity contribution < 1.29 is 27.9 Å². The number of carbonyl (C=O) groups is 2. The highest BCUT2D eigenvalue weighted by Gasteiger charge is 2.20. The van der Waals surface area contributed by atoms with Crippen LogP contribution >= 0.6 is 0 Å². The Morgan fingerprint density at radius 2 is 2.00 bits per heavy atom. The van der Waals surface area contributed by atoms with Gasteiger partial charge in [-0.15, -0.1) is 0 Å². The molecule has 21 heavy (non-hydrogen) atoms. The van der Waals surface area contributed by atoms with Crippen LogP contribution in [0.2, 0.25) is 0 Å². The third-order valence-electron chi connectivity index (χ3n) is 2.86. The summed E-state index contributed by atoms with van der Waals surface area (Å²) in [5.41, 5.74) is 0.403. The maximum absolute atomic E-state index is 12.1. The zero-order valence-electron chi connectivity index (χ0n) is 11.8. The van der Waals surface area contributed by atoms with Crippen LogP contribution in [-0.4, -0.2) is 50.5 Å². The van der Waals surface area contributed by atoms with Gasteiger partial charge in [0.05, 0.1) is 24.8 Å². The Kier molecular flexibility index (Phi) is 5.86. The Morgan fingerprint density at radius 1 is 1.33 bits per heavy atom. The normalized spacial score (nSPS) is 11.4. The molecule has 0 saturated heterocycles. The molecule has 0 aliphatic heterocycles. The molecule has 0 aromatic heterocycles. The van der Waals surface area contributed by atoms with E-state index in [2.05, 4.69) is 4.74 Å². The van der Waals surface area contributed by atoms with Crippen LogP contribution < -0.4 is 0 Å². The SMILES string of the molecule is COC(=O)CCN(C)S(=O)(=O)Cc1cccc(C(=O)O)c1. The molecule has 1 aromatic rings. The van der Waals surface area contributed by atoms with Crippen LogP contribution in [0.25, 0.3) is 0 Å². The summed E-state index contributed by atoms with van der Waals surface area (Å²) in [5, 5.41) is 8.88. The van der Waals surface area contributed by atoms with E-state index in [9.17, 15) is 18.0 Å². The Morgan fingerprint density at radius 3 is 2.57 bits per heavy atom. The van der Waals surface area contributed by atoms with E-state index < -0.39 is 22.0 Å². The van der Waals surface area contributed by atoms with E-state index in [1.807, 2.05) is 0 Å². The molecule has 0 heterocycles. The van der Waals surface area contributed by atoms with Gasteiger partial charge < -0.3 is 9.84 Å². The first-order valence-electron chi connectivity index (χ1n) is 6.09. The minimum atomic E-state index is -3.63. The molecule has 0 amide bonds. The van der Waals surface area contributed by atoms with E-state index >= 15 is 0 Å². The van der Waals surface area contributed by atoms with Gasteiger partial charge in [-0.2, -0.15) is 0 Å². The predicted molar refractivity (Wildman–Crippen MR) is 75.3 cm³/mol. The first-order valence-corrected chi connectivity index (χ1v) is 7.70. The molecule has 1 aromatic carbocycles. The van der Waals surface area contributed by atoms with Crippen molar-refractivity contribution >= 4 is 22.0 Å². The summed E-state index contributed by atoms with van der Waals surface area (Å²) in [4.78, 5) is 21.9. The van der Waals surface area contributed by atoms with Crippen molar-refractivity contribution in [2.45, 2.75) is 12.2 Å². The van der Waals surface area contributed by atoms with Crippen molar-refractivity contribution in [3.8, 4) is 0 Å². The maximum Gasteiger partial charge on any atom is 0.335 e. The van der Waals surface area contributed by atoms with Crippen LogP contribution in [0.15, 0.2) is 24.3 Å². The van der Waals surface area contributed by atoms with E-state index in [1.54, 1.807) is 0 Å². The number of carbonyl (C=O) groups excluding carboxylic acids is 1. The Labute approximate surface area is 123 Å². The molecule has 0 unspecified atom stereocenters. The number of sulfonamides is 1. The fourth-order valence-corrected chi connectivity index (χ4v) is 2.80. The fraction of sp³-hybridized carbons (Fsp3) is 0.385. The number of esters is 1. The maximum atomic E-state index is 12.1. The molecule has 0 aliphatic rings. The van der Waals surface area contributed by atoms with Crippen molar-refractivity contribution in [2.75, 3.05) is 20.7 Å². The number of hydrogen-bond donors (Lipinski definition) is 1. The van der Waals surface area contributed by atoms with E-state index in [1.165, 1.54) is 38.4 Å². The van der Waals surface area contributed by atoms with Crippen LogP contribution in [0.5, 0.6) is 0 Å². The zero-order chi connectivity index (χ0) is 16.0. The van der Waals surface area contributed by atoms with Gasteiger partial charge in [-0.3, -0.25) is 4.79 Å². The smallest absolute Gasteiger partial charge is 0.335 e. The largest absolute Gasteiger partial charge is 0.478 e. The van der Waals surface area contributed by atoms with Gasteiger partial charge in [-0.1, -0.05) is 12.1 Å². The second-order valence-electron chi connectivity index (χ2n) is 4.41. The molecular formula is C13H17NO6S. The van der Waals surface area contributed by atoms with Crippen molar-refractivity contribution in [2.24, 2.45) is 0 Å². The highest BCUT2D eigenvalue weighted by Crippen LogP contribution is 2.12. The predicted octanol–water partition coefficient (Wildman–Crippen LogP) is 0.709. The monoisotopic (exact) mass is 315 g/mol. The van der Waals surface area contributed by atoms with Gasteiger partial charge in [-0.25, -0.2) is 17.5 Å². The minimum absolute atomic E-state index is 0.00757. The van der Waals surface area contributed by atoms with Crippen LogP contribution in [0, 0.1) is 0 Å². The van der Waals surface area contributed by atoms with E-state index in [-0.39, 0.29) is 24.3 Å². The Hall–Kier alpha value is -1.93. The lowest BCUT2D eigenvalue weighted by atomic mass is 10.1. The average molecular weight is 315 g/mol. The number of rotatable bonds is 7. The van der Waals surface area contributed by atoms with Crippen molar-refractivity contribution in [1.82, 2.24) is 4.31 Å². The minimum Gasteiger partial charge on any atom is -0.478 e. The zero-order valence-corrected chi connectivity index (χ0v) is 12.6. The van der Waals surface area contributed by atoms with Gasteiger partial charge in [0.1, 0.15) is 0 Å². The quantitative estimate of drug-likeness (QED) is 0.744. The fourth-order valence-electron chi connectivity index (χ4n) is 1.60. The van der Waals surface area contributed by atoms with Gasteiger partial charge >= 0.3 is 11.9 Å². The molecule has 0 spiro atoms. The third-order valence-corrected chi connectivity index (χ3v) is 4.69. The molecule has 1 N–H and O–H groups in total. The summed E-state index contributed by atoms with van der Waals surface area (Å²) in [5.74, 6) is -1.94. The van der Waals surface area contributed by atoms with Crippen molar-refractivity contribution in [3.63, 3.8) is 0 Å². The number of hydrogen-bond acceptors (Lipinski definition) is 5. The summed E-state index contributed by atoms with van der Waals surface area (Å²) >= 11 is 0. The van der Waals surface area contributed by atoms with Gasteiger partial charge in [-0.05, 0) is 17.7 Å². The Bertz CT molecular complexity index is 625. The van der Waals surface area contributed by atoms with Gasteiger partial charge in [0.2, 0.25) is 10.0 Å². The molecule has 8 heteroatoms. The highest BCUT2D eigenvalue weighted by atomic mass is 32.2. The molecule has 7 nitrogen and oxygen atoms in total. The van der Waals surface area contributed by atoms with Gasteiger partial charge in [0.15, 0.2) is 0 Å². The number of ether oxygens (including phenoxy) is 1. The second kappa shape index (κ2) is 7.19. The van der Waals surface area contributed by atoms with E-state index in [0.29, 0.717) is 5.56 Å². The first kappa shape index (κ1) is 17.1. The standard InChI is InChI=1S/C13H17NO6S/c1-14(7-6-12(15)20-2)21(18,19)9-10-4-3-5-11(8-10)13(16)17/h3-5,8H,6-7,9H2,1-2H3,(H,16,17). The molecular weight excluding hydrogens is 298 g/mol. The highest BCUT2D eigenvalue weighted by molar-refractivity contribution is 7.88. The lowest BCUT2D eigenvalue weighted by molar-refractivity contribution is -0.140. The molecule has 0 saturated carbocycles. The van der Waals surface area contributed by atoms with Crippen LogP contribution in [0.3, 0.4) is 0 Å². The van der Waals surface area contributed by atoms with Crippen LogP contribution in [0.4, 0.5) is 0 Å². The van der Waals surface area contributed by atoms with Crippen LogP contribution in [0.1, 0.15) is 22.3 Å². The summed E-state index contributed by atoms with van der Waals surface area (Å²) in [6, 6.07) is 5.73. The molecule has 0 atom stereocenters. The average Bonchev–Trinajstić information content (AvgIpc) is 2.43. The molecule has 0 radical (unpaired) electrons. The number of carboxylic acids is 1. The topological polar surface area (TPSA) is 101 Å². The summed E-state index contributed by atoms with van der Waals surface area (Å²) < 4.78 is 29.7. The molecule has 116 valence electrons. The van der Waals surface area contributed by atoms with Gasteiger partial charge in [0.25, 0.3) is 0 Å². The molecule has 0 bridgehead atoms. The first-order chi connectivity index (χ1) is 9.76. The lowest BCUT2D eigenvalue weighted by Gasteiger charge is -2.16. The molecule has 0 fully saturated rings. The van der Waals surface area contributed by atoms with E-state index in [0.717, 1.165) is 4.31 Å². The number of methoxy groups -OCH3 is 1. The number of benzene rings is 1. The second-order valence-corrected chi connectivity index (χ2v) is 6.49. The van der Waals surface area contributed by atoms with Crippen LogP contribution in [-0.2, 0) is 25.3 Å².